The molecule has 0 heterocycles. The van der Waals surface area contributed by atoms with Crippen molar-refractivity contribution >= 4 is 23.4 Å². The van der Waals surface area contributed by atoms with Crippen LogP contribution >= 0.6 is 23.4 Å². The lowest BCUT2D eigenvalue weighted by Crippen LogP contribution is -1.76. The lowest BCUT2D eigenvalue weighted by Gasteiger charge is -2.02. The maximum atomic E-state index is 8.79. The number of halogens is 1. The molecule has 2 aromatic carbocycles. The molecule has 0 saturated carbocycles. The van der Waals surface area contributed by atoms with E-state index >= 15 is 0 Å². The van der Waals surface area contributed by atoms with Crippen LogP contribution in [0.5, 0.6) is 0 Å². The van der Waals surface area contributed by atoms with Gasteiger partial charge in [0.1, 0.15) is 0 Å². The summed E-state index contributed by atoms with van der Waals surface area (Å²) in [6, 6.07) is 17.3. The molecule has 0 amide bonds. The first-order valence-corrected chi connectivity index (χ1v) is 5.91. The average molecular weight is 246 g/mol. The Morgan fingerprint density at radius 2 is 1.69 bits per heavy atom. The second kappa shape index (κ2) is 5.07. The number of rotatable bonds is 2. The summed E-state index contributed by atoms with van der Waals surface area (Å²) < 4.78 is 0. The first kappa shape index (κ1) is 11.1. The van der Waals surface area contributed by atoms with E-state index in [9.17, 15) is 0 Å². The van der Waals surface area contributed by atoms with Crippen molar-refractivity contribution in [2.24, 2.45) is 0 Å². The molecular weight excluding hydrogens is 238 g/mol. The highest BCUT2D eigenvalue weighted by Gasteiger charge is 1.99. The van der Waals surface area contributed by atoms with Crippen LogP contribution < -0.4 is 0 Å². The molecule has 0 fully saturated rings. The molecule has 2 rings (SSSR count). The van der Waals surface area contributed by atoms with E-state index in [0.717, 1.165) is 14.8 Å². The van der Waals surface area contributed by atoms with Crippen LogP contribution in [0.2, 0.25) is 5.02 Å². The van der Waals surface area contributed by atoms with Gasteiger partial charge in [0.2, 0.25) is 0 Å². The molecule has 0 bridgehead atoms. The van der Waals surface area contributed by atoms with E-state index in [1.165, 1.54) is 0 Å². The van der Waals surface area contributed by atoms with Crippen molar-refractivity contribution in [2.45, 2.75) is 9.79 Å². The van der Waals surface area contributed by atoms with Gasteiger partial charge in [0.15, 0.2) is 0 Å². The predicted octanol–water partition coefficient (Wildman–Crippen LogP) is 4.36. The first-order valence-electron chi connectivity index (χ1n) is 4.71. The maximum absolute atomic E-state index is 8.79. The Morgan fingerprint density at radius 3 is 2.38 bits per heavy atom. The van der Waals surface area contributed by atoms with Crippen molar-refractivity contribution in [1.29, 1.82) is 5.26 Å². The Hall–Kier alpha value is -1.43. The predicted molar refractivity (Wildman–Crippen MR) is 66.7 cm³/mol. The van der Waals surface area contributed by atoms with Crippen molar-refractivity contribution in [3.8, 4) is 6.07 Å². The third-order valence-electron chi connectivity index (χ3n) is 1.99. The van der Waals surface area contributed by atoms with E-state index in [1.807, 2.05) is 42.5 Å². The molecule has 0 atom stereocenters. The molecule has 0 aromatic heterocycles. The smallest absolute Gasteiger partial charge is 0.0992 e. The molecule has 0 aliphatic rings. The van der Waals surface area contributed by atoms with Gasteiger partial charge in [0.25, 0.3) is 0 Å². The van der Waals surface area contributed by atoms with Crippen molar-refractivity contribution in [2.75, 3.05) is 0 Å². The van der Waals surface area contributed by atoms with Gasteiger partial charge in [-0.2, -0.15) is 5.26 Å². The van der Waals surface area contributed by atoms with E-state index in [4.69, 9.17) is 16.9 Å². The van der Waals surface area contributed by atoms with Gasteiger partial charge < -0.3 is 0 Å². The molecule has 78 valence electrons. The zero-order valence-electron chi connectivity index (χ0n) is 8.35. The fourth-order valence-corrected chi connectivity index (χ4v) is 2.49. The minimum Gasteiger partial charge on any atom is -0.192 e. The van der Waals surface area contributed by atoms with Gasteiger partial charge >= 0.3 is 0 Å². The molecule has 0 spiro atoms. The summed E-state index contributed by atoms with van der Waals surface area (Å²) in [6.45, 7) is 0. The average Bonchev–Trinajstić information content (AvgIpc) is 2.29. The summed E-state index contributed by atoms with van der Waals surface area (Å²) in [7, 11) is 0. The minimum absolute atomic E-state index is 0.673. The second-order valence-electron chi connectivity index (χ2n) is 3.20. The molecule has 2 aromatic rings. The zero-order chi connectivity index (χ0) is 11.4. The zero-order valence-corrected chi connectivity index (χ0v) is 9.92. The van der Waals surface area contributed by atoms with Crippen molar-refractivity contribution in [1.82, 2.24) is 0 Å². The second-order valence-corrected chi connectivity index (χ2v) is 4.78. The summed E-state index contributed by atoms with van der Waals surface area (Å²) in [6.07, 6.45) is 0. The van der Waals surface area contributed by atoms with E-state index < -0.39 is 0 Å². The lowest BCUT2D eigenvalue weighted by molar-refractivity contribution is 1.38. The third kappa shape index (κ3) is 2.79. The number of nitriles is 1. The Labute approximate surface area is 104 Å². The van der Waals surface area contributed by atoms with E-state index in [1.54, 1.807) is 17.8 Å². The monoisotopic (exact) mass is 245 g/mol. The highest BCUT2D eigenvalue weighted by molar-refractivity contribution is 7.99. The maximum Gasteiger partial charge on any atom is 0.0992 e. The van der Waals surface area contributed by atoms with Gasteiger partial charge in [-0.1, -0.05) is 35.5 Å². The van der Waals surface area contributed by atoms with Crippen LogP contribution in [-0.4, -0.2) is 0 Å². The minimum atomic E-state index is 0.673. The molecule has 3 heteroatoms. The summed E-state index contributed by atoms with van der Waals surface area (Å²) >= 11 is 7.50. The fraction of sp³-hybridized carbons (Fsp3) is 0. The SMILES string of the molecule is N#Cc1cccc(Sc2cccc(Cl)c2)c1. The Kier molecular flexibility index (Phi) is 3.51. The molecular formula is C13H8ClNS. The highest BCUT2D eigenvalue weighted by Crippen LogP contribution is 2.29. The number of benzene rings is 2. The van der Waals surface area contributed by atoms with E-state index in [2.05, 4.69) is 6.07 Å². The van der Waals surface area contributed by atoms with Gasteiger partial charge in [-0.25, -0.2) is 0 Å². The van der Waals surface area contributed by atoms with E-state index in [-0.39, 0.29) is 0 Å². The van der Waals surface area contributed by atoms with Crippen LogP contribution in [0.3, 0.4) is 0 Å². The van der Waals surface area contributed by atoms with Crippen LogP contribution in [0.15, 0.2) is 58.3 Å². The Bertz CT molecular complexity index is 546. The van der Waals surface area contributed by atoms with Gasteiger partial charge in [0, 0.05) is 14.8 Å². The summed E-state index contributed by atoms with van der Waals surface area (Å²) in [5.74, 6) is 0. The van der Waals surface area contributed by atoms with Crippen LogP contribution in [0, 0.1) is 11.3 Å². The number of nitrogens with zero attached hydrogens (tertiary/aromatic N) is 1. The number of hydrogen-bond acceptors (Lipinski definition) is 2. The molecule has 0 unspecified atom stereocenters. The largest absolute Gasteiger partial charge is 0.192 e. The van der Waals surface area contributed by atoms with Crippen molar-refractivity contribution in [3.05, 3.63) is 59.1 Å². The molecule has 0 radical (unpaired) electrons. The normalized spacial score (nSPS) is 9.75. The fourth-order valence-electron chi connectivity index (χ4n) is 1.30. The highest BCUT2D eigenvalue weighted by atomic mass is 35.5. The quantitative estimate of drug-likeness (QED) is 0.785. The van der Waals surface area contributed by atoms with Gasteiger partial charge in [0.05, 0.1) is 11.6 Å². The summed E-state index contributed by atoms with van der Waals surface area (Å²) in [4.78, 5) is 2.11. The molecule has 0 aliphatic carbocycles. The van der Waals surface area contributed by atoms with Crippen LogP contribution in [0.4, 0.5) is 0 Å². The van der Waals surface area contributed by atoms with Crippen molar-refractivity contribution < 1.29 is 0 Å². The van der Waals surface area contributed by atoms with Gasteiger partial charge in [-0.05, 0) is 36.4 Å². The number of hydrogen-bond donors (Lipinski definition) is 0. The van der Waals surface area contributed by atoms with Crippen LogP contribution in [-0.2, 0) is 0 Å². The molecule has 0 saturated heterocycles. The topological polar surface area (TPSA) is 23.8 Å². The van der Waals surface area contributed by atoms with Gasteiger partial charge in [-0.3, -0.25) is 0 Å². The van der Waals surface area contributed by atoms with Gasteiger partial charge in [-0.15, -0.1) is 0 Å². The molecule has 1 nitrogen and oxygen atoms in total. The summed E-state index contributed by atoms with van der Waals surface area (Å²) in [5.41, 5.74) is 0.673. The lowest BCUT2D eigenvalue weighted by atomic mass is 10.2. The standard InChI is InChI=1S/C13H8ClNS/c14-11-4-2-6-13(8-11)16-12-5-1-3-10(7-12)9-15/h1-8H. The van der Waals surface area contributed by atoms with E-state index in [0.29, 0.717) is 5.56 Å². The van der Waals surface area contributed by atoms with Crippen LogP contribution in [0.25, 0.3) is 0 Å². The Balaban J connectivity index is 2.24. The Morgan fingerprint density at radius 1 is 1.00 bits per heavy atom. The molecule has 16 heavy (non-hydrogen) atoms. The molecule has 0 aliphatic heterocycles. The molecule has 0 N–H and O–H groups in total. The first-order chi connectivity index (χ1) is 7.78. The third-order valence-corrected chi connectivity index (χ3v) is 3.21. The van der Waals surface area contributed by atoms with Crippen LogP contribution in [0.1, 0.15) is 5.56 Å². The van der Waals surface area contributed by atoms with Crippen molar-refractivity contribution in [3.63, 3.8) is 0 Å². The summed E-state index contributed by atoms with van der Waals surface area (Å²) in [5, 5.41) is 9.52.